The van der Waals surface area contributed by atoms with Gasteiger partial charge in [0, 0.05) is 5.56 Å². The maximum Gasteiger partial charge on any atom is 0.343 e. The van der Waals surface area contributed by atoms with Gasteiger partial charge in [-0.1, -0.05) is 0 Å². The highest BCUT2D eigenvalue weighted by atomic mass is 16.5. The summed E-state index contributed by atoms with van der Waals surface area (Å²) in [4.78, 5) is 33.6. The lowest BCUT2D eigenvalue weighted by atomic mass is 10.1. The number of nitrogens with one attached hydrogen (secondary N) is 2. The molecule has 1 aromatic carbocycles. The number of hydrogen-bond donors (Lipinski definition) is 2. The number of nitrogens with zero attached hydrogens (tertiary/aromatic N) is 3. The van der Waals surface area contributed by atoms with Crippen LogP contribution in [0, 0.1) is 0 Å². The zero-order chi connectivity index (χ0) is 21.6. The Hall–Kier alpha value is -3.56. The van der Waals surface area contributed by atoms with E-state index in [1.54, 1.807) is 45.0 Å². The number of methoxy groups -OCH3 is 3. The topological polar surface area (TPSA) is 115 Å². The minimum atomic E-state index is -0.741. The third kappa shape index (κ3) is 5.71. The van der Waals surface area contributed by atoms with E-state index in [4.69, 9.17) is 14.2 Å². The second-order valence-corrected chi connectivity index (χ2v) is 6.88. The number of anilines is 1. The van der Waals surface area contributed by atoms with Gasteiger partial charge in [0.2, 0.25) is 17.7 Å². The van der Waals surface area contributed by atoms with Gasteiger partial charge in [0.15, 0.2) is 0 Å². The first-order valence-corrected chi connectivity index (χ1v) is 8.71. The van der Waals surface area contributed by atoms with Gasteiger partial charge in [-0.25, -0.2) is 9.80 Å². The summed E-state index contributed by atoms with van der Waals surface area (Å²) in [6, 6.07) is 7.36. The second-order valence-electron chi connectivity index (χ2n) is 6.88. The Balaban J connectivity index is 2.21. The van der Waals surface area contributed by atoms with Crippen LogP contribution in [0.15, 0.2) is 30.3 Å². The highest BCUT2D eigenvalue weighted by Crippen LogP contribution is 2.19. The van der Waals surface area contributed by atoms with Crippen molar-refractivity contribution >= 4 is 17.9 Å². The maximum absolute atomic E-state index is 12.8. The number of benzene rings is 1. The molecule has 0 aliphatic rings. The van der Waals surface area contributed by atoms with Crippen molar-refractivity contribution in [2.45, 2.75) is 26.3 Å². The minimum Gasteiger partial charge on any atom is -0.497 e. The standard InChI is InChI=1S/C19H25N5O5/c1-19(2,3)24(23-16(25)12-7-9-13(27-4)10-8-12)18(26)22-17-20-14(28-5)11-15(21-17)29-6/h7-11H,1-6H3,(H,23,25)(H,20,21,22,26). The van der Waals surface area contributed by atoms with Crippen molar-refractivity contribution in [1.29, 1.82) is 0 Å². The summed E-state index contributed by atoms with van der Waals surface area (Å²) in [7, 11) is 4.41. The summed E-state index contributed by atoms with van der Waals surface area (Å²) in [6.45, 7) is 5.32. The lowest BCUT2D eigenvalue weighted by Gasteiger charge is -2.35. The fraction of sp³-hybridized carbons (Fsp3) is 0.368. The molecule has 1 aromatic heterocycles. The van der Waals surface area contributed by atoms with Crippen molar-refractivity contribution in [2.24, 2.45) is 0 Å². The molecule has 0 radical (unpaired) electrons. The number of hydrazine groups is 1. The van der Waals surface area contributed by atoms with Crippen molar-refractivity contribution < 1.29 is 23.8 Å². The minimum absolute atomic E-state index is 0.0286. The molecule has 2 N–H and O–H groups in total. The average Bonchev–Trinajstić information content (AvgIpc) is 2.70. The van der Waals surface area contributed by atoms with Crippen LogP contribution in [0.2, 0.25) is 0 Å². The summed E-state index contributed by atoms with van der Waals surface area (Å²) >= 11 is 0. The predicted octanol–water partition coefficient (Wildman–Crippen LogP) is 2.48. The Morgan fingerprint density at radius 3 is 1.93 bits per heavy atom. The Kier molecular flexibility index (Phi) is 6.81. The summed E-state index contributed by atoms with van der Waals surface area (Å²) in [6.07, 6.45) is 0. The molecule has 0 saturated carbocycles. The third-order valence-electron chi connectivity index (χ3n) is 3.76. The van der Waals surface area contributed by atoms with Crippen molar-refractivity contribution in [1.82, 2.24) is 20.4 Å². The number of carbonyl (C=O) groups is 2. The molecular weight excluding hydrogens is 378 g/mol. The van der Waals surface area contributed by atoms with E-state index >= 15 is 0 Å². The number of urea groups is 1. The summed E-state index contributed by atoms with van der Waals surface area (Å²) < 4.78 is 15.2. The molecule has 10 nitrogen and oxygen atoms in total. The summed E-state index contributed by atoms with van der Waals surface area (Å²) in [5.74, 6) is 0.575. The average molecular weight is 403 g/mol. The zero-order valence-corrected chi connectivity index (χ0v) is 17.3. The maximum atomic E-state index is 12.8. The van der Waals surface area contributed by atoms with Crippen molar-refractivity contribution in [3.8, 4) is 17.5 Å². The van der Waals surface area contributed by atoms with E-state index in [9.17, 15) is 9.59 Å². The first-order valence-electron chi connectivity index (χ1n) is 8.71. The van der Waals surface area contributed by atoms with Gasteiger partial charge in [0.05, 0.1) is 32.9 Å². The number of aromatic nitrogens is 2. The molecule has 0 aliphatic heterocycles. The number of amides is 3. The molecule has 2 aromatic rings. The summed E-state index contributed by atoms with van der Waals surface area (Å²) in [5.41, 5.74) is 2.24. The fourth-order valence-corrected chi connectivity index (χ4v) is 2.25. The van der Waals surface area contributed by atoms with Crippen LogP contribution in [0.4, 0.5) is 10.7 Å². The van der Waals surface area contributed by atoms with Gasteiger partial charge in [-0.3, -0.25) is 15.5 Å². The quantitative estimate of drug-likeness (QED) is 0.737. The van der Waals surface area contributed by atoms with Gasteiger partial charge in [0.1, 0.15) is 5.75 Å². The Labute approximate surface area is 169 Å². The van der Waals surface area contributed by atoms with Gasteiger partial charge >= 0.3 is 6.03 Å². The van der Waals surface area contributed by atoms with Crippen LogP contribution in [0.1, 0.15) is 31.1 Å². The number of rotatable bonds is 5. The van der Waals surface area contributed by atoms with Crippen LogP contribution in [0.3, 0.4) is 0 Å². The van der Waals surface area contributed by atoms with Gasteiger partial charge in [-0.05, 0) is 45.0 Å². The molecule has 3 amide bonds. The van der Waals surface area contributed by atoms with Crippen LogP contribution >= 0.6 is 0 Å². The number of carbonyl (C=O) groups excluding carboxylic acids is 2. The monoisotopic (exact) mass is 403 g/mol. The van der Waals surface area contributed by atoms with Gasteiger partial charge < -0.3 is 14.2 Å². The molecule has 0 spiro atoms. The lowest BCUT2D eigenvalue weighted by molar-refractivity contribution is 0.0686. The fourth-order valence-electron chi connectivity index (χ4n) is 2.25. The molecular formula is C19H25N5O5. The number of ether oxygens (including phenoxy) is 3. The first-order chi connectivity index (χ1) is 13.7. The van der Waals surface area contributed by atoms with E-state index in [0.29, 0.717) is 11.3 Å². The van der Waals surface area contributed by atoms with E-state index in [1.807, 2.05) is 0 Å². The van der Waals surface area contributed by atoms with E-state index in [0.717, 1.165) is 5.01 Å². The normalized spacial score (nSPS) is 10.7. The van der Waals surface area contributed by atoms with E-state index in [2.05, 4.69) is 20.7 Å². The molecule has 0 atom stereocenters. The predicted molar refractivity (Wildman–Crippen MR) is 106 cm³/mol. The molecule has 0 saturated heterocycles. The second kappa shape index (κ2) is 9.09. The Morgan fingerprint density at radius 2 is 1.48 bits per heavy atom. The van der Waals surface area contributed by atoms with E-state index < -0.39 is 17.5 Å². The van der Waals surface area contributed by atoms with Crippen LogP contribution in [0.5, 0.6) is 17.5 Å². The summed E-state index contributed by atoms with van der Waals surface area (Å²) in [5, 5.41) is 3.70. The SMILES string of the molecule is COc1ccc(C(=O)NN(C(=O)Nc2nc(OC)cc(OC)n2)C(C)(C)C)cc1. The molecule has 0 bridgehead atoms. The first kappa shape index (κ1) is 21.7. The van der Waals surface area contributed by atoms with Gasteiger partial charge in [0.25, 0.3) is 5.91 Å². The lowest BCUT2D eigenvalue weighted by Crippen LogP contribution is -2.57. The smallest absolute Gasteiger partial charge is 0.343 e. The van der Waals surface area contributed by atoms with Crippen molar-refractivity contribution in [2.75, 3.05) is 26.6 Å². The van der Waals surface area contributed by atoms with Crippen LogP contribution in [-0.2, 0) is 0 Å². The molecule has 29 heavy (non-hydrogen) atoms. The van der Waals surface area contributed by atoms with Crippen LogP contribution in [0.25, 0.3) is 0 Å². The number of hydrogen-bond acceptors (Lipinski definition) is 7. The van der Waals surface area contributed by atoms with Crippen molar-refractivity contribution in [3.63, 3.8) is 0 Å². The van der Waals surface area contributed by atoms with Crippen molar-refractivity contribution in [3.05, 3.63) is 35.9 Å². The molecule has 2 rings (SSSR count). The highest BCUT2D eigenvalue weighted by Gasteiger charge is 2.29. The van der Waals surface area contributed by atoms with Crippen LogP contribution < -0.4 is 25.0 Å². The molecule has 0 fully saturated rings. The Morgan fingerprint density at radius 1 is 0.931 bits per heavy atom. The van der Waals surface area contributed by atoms with Gasteiger partial charge in [-0.2, -0.15) is 9.97 Å². The molecule has 1 heterocycles. The molecule has 156 valence electrons. The molecule has 0 unspecified atom stereocenters. The largest absolute Gasteiger partial charge is 0.497 e. The molecule has 10 heteroatoms. The zero-order valence-electron chi connectivity index (χ0n) is 17.3. The third-order valence-corrected chi connectivity index (χ3v) is 3.76. The van der Waals surface area contributed by atoms with Gasteiger partial charge in [-0.15, -0.1) is 0 Å². The Bertz CT molecular complexity index is 842. The van der Waals surface area contributed by atoms with E-state index in [1.165, 1.54) is 27.4 Å². The highest BCUT2D eigenvalue weighted by molar-refractivity contribution is 5.97. The van der Waals surface area contributed by atoms with E-state index in [-0.39, 0.29) is 17.7 Å². The molecule has 0 aliphatic carbocycles. The van der Waals surface area contributed by atoms with Crippen LogP contribution in [-0.4, -0.2) is 53.8 Å².